The van der Waals surface area contributed by atoms with Crippen molar-refractivity contribution in [3.63, 3.8) is 0 Å². The minimum Gasteiger partial charge on any atom is -0.481 e. The van der Waals surface area contributed by atoms with E-state index in [0.29, 0.717) is 5.56 Å². The summed E-state index contributed by atoms with van der Waals surface area (Å²) in [4.78, 5) is 22.3. The number of halogens is 2. The molecule has 1 rings (SSSR count). The molecule has 0 saturated heterocycles. The smallest absolute Gasteiger partial charge is 0.315 e. The average Bonchev–Trinajstić information content (AvgIpc) is 2.39. The average molecular weight is 303 g/mol. The molecule has 1 aromatic carbocycles. The molecular formula is C13H16ClFN2O3. The standard InChI is InChI=1S/C13H16ClFN2O3/c1-7(12(18)19)8(2)17-13(20)16-6-9-3-4-11(15)10(14)5-9/h3-5,7-8H,6H2,1-2H3,(H,18,19)(H2,16,17,20). The Bertz CT molecular complexity index is 510. The van der Waals surface area contributed by atoms with Crippen LogP contribution in [0.25, 0.3) is 0 Å². The van der Waals surface area contributed by atoms with Gasteiger partial charge in [0.2, 0.25) is 0 Å². The van der Waals surface area contributed by atoms with Crippen molar-refractivity contribution in [1.82, 2.24) is 10.6 Å². The Hall–Kier alpha value is -1.82. The summed E-state index contributed by atoms with van der Waals surface area (Å²) in [6.45, 7) is 3.28. The van der Waals surface area contributed by atoms with Crippen LogP contribution in [0.2, 0.25) is 5.02 Å². The van der Waals surface area contributed by atoms with Crippen molar-refractivity contribution in [2.75, 3.05) is 0 Å². The molecule has 2 unspecified atom stereocenters. The SMILES string of the molecule is CC(NC(=O)NCc1ccc(F)c(Cl)c1)C(C)C(=O)O. The minimum absolute atomic E-state index is 0.0161. The topological polar surface area (TPSA) is 78.4 Å². The molecule has 0 bridgehead atoms. The first-order valence-corrected chi connectivity index (χ1v) is 6.40. The molecule has 0 radical (unpaired) electrons. The van der Waals surface area contributed by atoms with Crippen LogP contribution >= 0.6 is 11.6 Å². The Kier molecular flexibility index (Phi) is 5.76. The summed E-state index contributed by atoms with van der Waals surface area (Å²) < 4.78 is 12.9. The Morgan fingerprint density at radius 1 is 1.40 bits per heavy atom. The first-order valence-electron chi connectivity index (χ1n) is 6.02. The number of carboxylic acids is 1. The van der Waals surface area contributed by atoms with Crippen molar-refractivity contribution in [2.24, 2.45) is 5.92 Å². The number of amides is 2. The number of rotatable bonds is 5. The molecule has 0 aliphatic carbocycles. The van der Waals surface area contributed by atoms with E-state index in [1.165, 1.54) is 25.1 Å². The zero-order valence-corrected chi connectivity index (χ0v) is 11.9. The minimum atomic E-state index is -0.983. The highest BCUT2D eigenvalue weighted by Gasteiger charge is 2.20. The maximum atomic E-state index is 12.9. The van der Waals surface area contributed by atoms with Gasteiger partial charge in [-0.25, -0.2) is 9.18 Å². The van der Waals surface area contributed by atoms with E-state index in [4.69, 9.17) is 16.7 Å². The van der Waals surface area contributed by atoms with Gasteiger partial charge in [0.25, 0.3) is 0 Å². The zero-order chi connectivity index (χ0) is 15.3. The van der Waals surface area contributed by atoms with Gasteiger partial charge in [-0.15, -0.1) is 0 Å². The highest BCUT2D eigenvalue weighted by molar-refractivity contribution is 6.30. The summed E-state index contributed by atoms with van der Waals surface area (Å²) >= 11 is 5.62. The second-order valence-corrected chi connectivity index (χ2v) is 4.90. The molecule has 5 nitrogen and oxygen atoms in total. The predicted molar refractivity (Wildman–Crippen MR) is 73.0 cm³/mol. The van der Waals surface area contributed by atoms with Crippen LogP contribution < -0.4 is 10.6 Å². The molecular weight excluding hydrogens is 287 g/mol. The molecule has 0 aliphatic rings. The summed E-state index contributed by atoms with van der Waals surface area (Å²) in [5, 5.41) is 13.9. The number of hydrogen-bond donors (Lipinski definition) is 3. The second-order valence-electron chi connectivity index (χ2n) is 4.49. The van der Waals surface area contributed by atoms with Crippen LogP contribution in [0.15, 0.2) is 18.2 Å². The second kappa shape index (κ2) is 7.09. The molecule has 110 valence electrons. The van der Waals surface area contributed by atoms with Gasteiger partial charge in [0.1, 0.15) is 5.82 Å². The molecule has 20 heavy (non-hydrogen) atoms. The van der Waals surface area contributed by atoms with E-state index in [9.17, 15) is 14.0 Å². The van der Waals surface area contributed by atoms with Crippen molar-refractivity contribution in [1.29, 1.82) is 0 Å². The molecule has 0 aromatic heterocycles. The molecule has 0 saturated carbocycles. The van der Waals surface area contributed by atoms with Crippen molar-refractivity contribution in [3.8, 4) is 0 Å². The quantitative estimate of drug-likeness (QED) is 0.781. The first-order chi connectivity index (χ1) is 9.31. The van der Waals surface area contributed by atoms with Crippen molar-refractivity contribution < 1.29 is 19.1 Å². The van der Waals surface area contributed by atoms with Gasteiger partial charge in [0, 0.05) is 12.6 Å². The molecule has 3 N–H and O–H groups in total. The van der Waals surface area contributed by atoms with E-state index in [-0.39, 0.29) is 11.6 Å². The summed E-state index contributed by atoms with van der Waals surface area (Å²) in [6.07, 6.45) is 0. The van der Waals surface area contributed by atoms with E-state index in [1.54, 1.807) is 6.92 Å². The molecule has 1 aromatic rings. The van der Waals surface area contributed by atoms with Gasteiger partial charge in [-0.2, -0.15) is 0 Å². The number of benzene rings is 1. The number of carboxylic acid groups (broad SMARTS) is 1. The number of hydrogen-bond acceptors (Lipinski definition) is 2. The van der Waals surface area contributed by atoms with E-state index >= 15 is 0 Å². The van der Waals surface area contributed by atoms with Gasteiger partial charge in [-0.05, 0) is 31.5 Å². The fraction of sp³-hybridized carbons (Fsp3) is 0.385. The number of aliphatic carboxylic acids is 1. The van der Waals surface area contributed by atoms with E-state index in [0.717, 1.165) is 0 Å². The molecule has 0 fully saturated rings. The van der Waals surface area contributed by atoms with Gasteiger partial charge in [-0.3, -0.25) is 4.79 Å². The highest BCUT2D eigenvalue weighted by Crippen LogP contribution is 2.15. The highest BCUT2D eigenvalue weighted by atomic mass is 35.5. The lowest BCUT2D eigenvalue weighted by Crippen LogP contribution is -2.45. The fourth-order valence-corrected chi connectivity index (χ4v) is 1.63. The molecule has 7 heteroatoms. The lowest BCUT2D eigenvalue weighted by Gasteiger charge is -2.18. The Morgan fingerprint density at radius 3 is 2.60 bits per heavy atom. The van der Waals surface area contributed by atoms with Crippen LogP contribution in [0.5, 0.6) is 0 Å². The molecule has 0 aliphatic heterocycles. The van der Waals surface area contributed by atoms with E-state index in [1.807, 2.05) is 0 Å². The van der Waals surface area contributed by atoms with Crippen molar-refractivity contribution >= 4 is 23.6 Å². The summed E-state index contributed by atoms with van der Waals surface area (Å²) in [6, 6.07) is 3.13. The fourth-order valence-electron chi connectivity index (χ4n) is 1.43. The largest absolute Gasteiger partial charge is 0.481 e. The number of nitrogens with one attached hydrogen (secondary N) is 2. The van der Waals surface area contributed by atoms with E-state index in [2.05, 4.69) is 10.6 Å². The molecule has 2 amide bonds. The van der Waals surface area contributed by atoms with Crippen LogP contribution in [0.4, 0.5) is 9.18 Å². The Balaban J connectivity index is 2.47. The zero-order valence-electron chi connectivity index (χ0n) is 11.1. The van der Waals surface area contributed by atoms with Crippen LogP contribution in [0.3, 0.4) is 0 Å². The maximum Gasteiger partial charge on any atom is 0.315 e. The van der Waals surface area contributed by atoms with Gasteiger partial charge < -0.3 is 15.7 Å². The monoisotopic (exact) mass is 302 g/mol. The molecule has 0 spiro atoms. The van der Waals surface area contributed by atoms with Crippen LogP contribution in [-0.2, 0) is 11.3 Å². The van der Waals surface area contributed by atoms with Gasteiger partial charge in [0.15, 0.2) is 0 Å². The molecule has 2 atom stereocenters. The first kappa shape index (κ1) is 16.2. The van der Waals surface area contributed by atoms with Crippen molar-refractivity contribution in [2.45, 2.75) is 26.4 Å². The maximum absolute atomic E-state index is 12.9. The van der Waals surface area contributed by atoms with Crippen LogP contribution in [-0.4, -0.2) is 23.1 Å². The van der Waals surface area contributed by atoms with Crippen molar-refractivity contribution in [3.05, 3.63) is 34.6 Å². The summed E-state index contributed by atoms with van der Waals surface area (Å²) in [5.74, 6) is -2.20. The summed E-state index contributed by atoms with van der Waals surface area (Å²) in [7, 11) is 0. The van der Waals surface area contributed by atoms with Crippen LogP contribution in [0, 0.1) is 11.7 Å². The lowest BCUT2D eigenvalue weighted by atomic mass is 10.0. The van der Waals surface area contributed by atoms with Gasteiger partial charge in [0.05, 0.1) is 10.9 Å². The third-order valence-electron chi connectivity index (χ3n) is 2.94. The third kappa shape index (κ3) is 4.70. The van der Waals surface area contributed by atoms with Gasteiger partial charge in [-0.1, -0.05) is 17.7 Å². The Morgan fingerprint density at radius 2 is 2.05 bits per heavy atom. The third-order valence-corrected chi connectivity index (χ3v) is 3.23. The normalized spacial score (nSPS) is 13.4. The van der Waals surface area contributed by atoms with Crippen LogP contribution in [0.1, 0.15) is 19.4 Å². The Labute approximate surface area is 121 Å². The van der Waals surface area contributed by atoms with E-state index < -0.39 is 29.8 Å². The summed E-state index contributed by atoms with van der Waals surface area (Å²) in [5.41, 5.74) is 0.644. The molecule has 0 heterocycles. The number of carbonyl (C=O) groups excluding carboxylic acids is 1. The lowest BCUT2D eigenvalue weighted by molar-refractivity contribution is -0.141. The number of carbonyl (C=O) groups is 2. The van der Waals surface area contributed by atoms with Gasteiger partial charge >= 0.3 is 12.0 Å². The predicted octanol–water partition coefficient (Wildman–Crippen LogP) is 2.39. The number of urea groups is 1.